The van der Waals surface area contributed by atoms with Crippen LogP contribution >= 0.6 is 0 Å². The monoisotopic (exact) mass is 475 g/mol. The van der Waals surface area contributed by atoms with E-state index in [1.54, 1.807) is 30.3 Å². The number of hydrogen-bond donors (Lipinski definition) is 2. The van der Waals surface area contributed by atoms with Gasteiger partial charge >= 0.3 is 5.97 Å². The summed E-state index contributed by atoms with van der Waals surface area (Å²) < 4.78 is 11.9. The number of benzene rings is 2. The molecule has 3 fully saturated rings. The number of carbonyl (C=O) groups is 2. The molecule has 2 aromatic carbocycles. The lowest BCUT2D eigenvalue weighted by molar-refractivity contribution is -0.945. The van der Waals surface area contributed by atoms with Gasteiger partial charge in [0.1, 0.15) is 12.8 Å². The van der Waals surface area contributed by atoms with E-state index in [0.717, 1.165) is 37.0 Å². The van der Waals surface area contributed by atoms with Crippen molar-refractivity contribution in [2.75, 3.05) is 32.7 Å². The summed E-state index contributed by atoms with van der Waals surface area (Å²) in [6, 6.07) is 19.6. The smallest absolute Gasteiger partial charge is 0.348 e. The molecule has 182 valence electrons. The first-order chi connectivity index (χ1) is 17.0. The third kappa shape index (κ3) is 4.61. The number of esters is 1. The largest absolute Gasteiger partial charge is 0.472 e. The molecule has 7 nitrogen and oxygen atoms in total. The quantitative estimate of drug-likeness (QED) is 0.386. The van der Waals surface area contributed by atoms with Gasteiger partial charge in [0.2, 0.25) is 5.60 Å². The Balaban J connectivity index is 1.29. The Morgan fingerprint density at radius 3 is 2.20 bits per heavy atom. The fraction of sp³-hybridized carbons (Fsp3) is 0.357. The Kier molecular flexibility index (Phi) is 6.45. The number of carbonyl (C=O) groups excluding carboxylic acids is 2. The van der Waals surface area contributed by atoms with E-state index in [1.165, 1.54) is 12.5 Å². The number of piperidine rings is 3. The average molecular weight is 476 g/mol. The van der Waals surface area contributed by atoms with Crippen LogP contribution in [0.5, 0.6) is 0 Å². The van der Waals surface area contributed by atoms with Crippen LogP contribution in [0.2, 0.25) is 0 Å². The van der Waals surface area contributed by atoms with E-state index >= 15 is 0 Å². The average Bonchev–Trinajstić information content (AvgIpc) is 3.45. The van der Waals surface area contributed by atoms with Crippen molar-refractivity contribution in [3.63, 3.8) is 0 Å². The molecule has 2 N–H and O–H groups in total. The van der Waals surface area contributed by atoms with E-state index in [4.69, 9.17) is 9.15 Å². The highest BCUT2D eigenvalue weighted by Crippen LogP contribution is 2.38. The van der Waals surface area contributed by atoms with Crippen LogP contribution in [-0.2, 0) is 15.1 Å². The minimum atomic E-state index is -1.88. The van der Waals surface area contributed by atoms with Gasteiger partial charge < -0.3 is 24.1 Å². The van der Waals surface area contributed by atoms with Gasteiger partial charge in [-0.2, -0.15) is 0 Å². The SMILES string of the molecule is O=C(NCC[N+]12CCC(CC1)[C@@H](OC(=O)C(O)(c1ccccc1)c1ccccc1)C2)c1ccoc1. The van der Waals surface area contributed by atoms with E-state index in [0.29, 0.717) is 29.8 Å². The molecule has 3 aliphatic rings. The van der Waals surface area contributed by atoms with Crippen molar-refractivity contribution in [1.29, 1.82) is 0 Å². The highest BCUT2D eigenvalue weighted by atomic mass is 16.6. The van der Waals surface area contributed by atoms with Crippen LogP contribution in [0.15, 0.2) is 83.7 Å². The van der Waals surface area contributed by atoms with E-state index in [1.807, 2.05) is 36.4 Å². The molecule has 3 saturated heterocycles. The minimum Gasteiger partial charge on any atom is -0.472 e. The van der Waals surface area contributed by atoms with Crippen molar-refractivity contribution >= 4 is 11.9 Å². The molecular weight excluding hydrogens is 444 g/mol. The van der Waals surface area contributed by atoms with E-state index < -0.39 is 11.6 Å². The number of nitrogens with zero attached hydrogens (tertiary/aromatic N) is 1. The summed E-state index contributed by atoms with van der Waals surface area (Å²) in [6.07, 6.45) is 4.57. The van der Waals surface area contributed by atoms with Crippen LogP contribution in [0.1, 0.15) is 34.3 Å². The molecule has 3 aromatic rings. The molecule has 0 unspecified atom stereocenters. The van der Waals surface area contributed by atoms with Gasteiger partial charge in [0, 0.05) is 18.8 Å². The molecular formula is C28H31N2O5+. The summed E-state index contributed by atoms with van der Waals surface area (Å²) in [4.78, 5) is 25.9. The zero-order chi connectivity index (χ0) is 24.3. The zero-order valence-corrected chi connectivity index (χ0v) is 19.6. The number of ether oxygens (including phenoxy) is 1. The van der Waals surface area contributed by atoms with Gasteiger partial charge in [0.15, 0.2) is 6.10 Å². The van der Waals surface area contributed by atoms with E-state index in [2.05, 4.69) is 5.32 Å². The molecule has 7 heteroatoms. The highest BCUT2D eigenvalue weighted by molar-refractivity contribution is 5.93. The normalized spacial score (nSPS) is 23.6. The van der Waals surface area contributed by atoms with Gasteiger partial charge in [-0.25, -0.2) is 4.79 Å². The first kappa shape index (κ1) is 23.3. The van der Waals surface area contributed by atoms with E-state index in [9.17, 15) is 14.7 Å². The molecule has 0 spiro atoms. The number of furan rings is 1. The van der Waals surface area contributed by atoms with Crippen LogP contribution in [-0.4, -0.2) is 60.3 Å². The van der Waals surface area contributed by atoms with Crippen molar-refractivity contribution in [3.05, 3.63) is 95.9 Å². The maximum Gasteiger partial charge on any atom is 0.348 e. The van der Waals surface area contributed by atoms with Gasteiger partial charge in [-0.05, 0) is 17.2 Å². The molecule has 1 amide bonds. The Hall–Kier alpha value is -3.42. The standard InChI is InChI=1S/C28H30N2O5/c31-26(22-13-18-34-20-22)29-14-17-30-15-11-21(12-16-30)25(19-30)35-27(32)28(33,23-7-3-1-4-8-23)24-9-5-2-6-10-24/h1-10,13,18,20-21,25,33H,11-12,14-17,19H2/p+1/t21?,25-,30?/m0/s1. The molecule has 0 aliphatic carbocycles. The number of rotatable bonds is 8. The van der Waals surface area contributed by atoms with Crippen LogP contribution in [0.3, 0.4) is 0 Å². The number of nitrogens with one attached hydrogen (secondary N) is 1. The summed E-state index contributed by atoms with van der Waals surface area (Å²) in [7, 11) is 0. The Morgan fingerprint density at radius 2 is 1.63 bits per heavy atom. The van der Waals surface area contributed by atoms with E-state index in [-0.39, 0.29) is 17.9 Å². The van der Waals surface area contributed by atoms with Crippen LogP contribution < -0.4 is 5.32 Å². The maximum absolute atomic E-state index is 13.6. The van der Waals surface area contributed by atoms with Crippen LogP contribution in [0.4, 0.5) is 0 Å². The number of quaternary nitrogens is 1. The molecule has 1 atom stereocenters. The molecule has 2 bridgehead atoms. The fourth-order valence-corrected chi connectivity index (χ4v) is 5.56. The molecule has 6 rings (SSSR count). The maximum atomic E-state index is 13.6. The van der Waals surface area contributed by atoms with Gasteiger partial charge in [0.25, 0.3) is 5.91 Å². The number of hydrogen-bond acceptors (Lipinski definition) is 5. The minimum absolute atomic E-state index is 0.150. The molecule has 35 heavy (non-hydrogen) atoms. The molecule has 4 heterocycles. The van der Waals surface area contributed by atoms with Crippen LogP contribution in [0, 0.1) is 5.92 Å². The van der Waals surface area contributed by atoms with Gasteiger partial charge in [0.05, 0.1) is 38.0 Å². The lowest BCUT2D eigenvalue weighted by atomic mass is 9.82. The van der Waals surface area contributed by atoms with Crippen molar-refractivity contribution < 1.29 is 28.3 Å². The molecule has 0 saturated carbocycles. The predicted molar refractivity (Wildman–Crippen MR) is 129 cm³/mol. The zero-order valence-electron chi connectivity index (χ0n) is 19.6. The van der Waals surface area contributed by atoms with Crippen molar-refractivity contribution in [3.8, 4) is 0 Å². The predicted octanol–water partition coefficient (Wildman–Crippen LogP) is 3.10. The summed E-state index contributed by atoms with van der Waals surface area (Å²) in [5.41, 5.74) is -0.389. The fourth-order valence-electron chi connectivity index (χ4n) is 5.56. The summed E-state index contributed by atoms with van der Waals surface area (Å²) in [6.45, 7) is 4.00. The summed E-state index contributed by atoms with van der Waals surface area (Å²) in [5, 5.41) is 14.7. The van der Waals surface area contributed by atoms with Crippen molar-refractivity contribution in [2.24, 2.45) is 5.92 Å². The summed E-state index contributed by atoms with van der Waals surface area (Å²) in [5.74, 6) is -0.502. The second-order valence-electron chi connectivity index (χ2n) is 9.69. The van der Waals surface area contributed by atoms with Gasteiger partial charge in [-0.3, -0.25) is 4.79 Å². The number of amides is 1. The van der Waals surface area contributed by atoms with Gasteiger partial charge in [-0.15, -0.1) is 0 Å². The van der Waals surface area contributed by atoms with Crippen molar-refractivity contribution in [2.45, 2.75) is 24.5 Å². The third-order valence-corrected chi connectivity index (χ3v) is 7.63. The topological polar surface area (TPSA) is 88.8 Å². The summed E-state index contributed by atoms with van der Waals surface area (Å²) >= 11 is 0. The highest BCUT2D eigenvalue weighted by Gasteiger charge is 2.50. The molecule has 1 aromatic heterocycles. The van der Waals surface area contributed by atoms with Gasteiger partial charge in [-0.1, -0.05) is 60.7 Å². The number of fused-ring (bicyclic) bond motifs is 3. The second kappa shape index (κ2) is 9.68. The third-order valence-electron chi connectivity index (χ3n) is 7.63. The molecule has 3 aliphatic heterocycles. The second-order valence-corrected chi connectivity index (χ2v) is 9.69. The lowest BCUT2D eigenvalue weighted by Crippen LogP contribution is -2.66. The van der Waals surface area contributed by atoms with Crippen LogP contribution in [0.25, 0.3) is 0 Å². The first-order valence-electron chi connectivity index (χ1n) is 12.2. The Bertz CT molecular complexity index is 1100. The Labute approximate surface area is 204 Å². The lowest BCUT2D eigenvalue weighted by Gasteiger charge is -2.52. The number of aliphatic hydroxyl groups is 1. The molecule has 0 radical (unpaired) electrons. The Morgan fingerprint density at radius 1 is 1.00 bits per heavy atom. The van der Waals surface area contributed by atoms with Crippen molar-refractivity contribution in [1.82, 2.24) is 5.32 Å². The first-order valence-corrected chi connectivity index (χ1v) is 12.2.